The number of hydrogen-bond donors (Lipinski definition) is 2. The summed E-state index contributed by atoms with van der Waals surface area (Å²) < 4.78 is 27.2. The highest BCUT2D eigenvalue weighted by Gasteiger charge is 2.32. The van der Waals surface area contributed by atoms with Gasteiger partial charge in [-0.1, -0.05) is 32.9 Å². The molecule has 1 fully saturated rings. The zero-order chi connectivity index (χ0) is 19.4. The molecule has 1 heterocycles. The zero-order valence-electron chi connectivity index (χ0n) is 16.0. The lowest BCUT2D eigenvalue weighted by atomic mass is 9.87. The molecule has 0 aliphatic carbocycles. The molecule has 1 saturated heterocycles. The fourth-order valence-electron chi connectivity index (χ4n) is 3.09. The second kappa shape index (κ2) is 8.50. The van der Waals surface area contributed by atoms with Crippen molar-refractivity contribution < 1.29 is 13.2 Å². The van der Waals surface area contributed by atoms with E-state index in [1.807, 2.05) is 12.1 Å². The van der Waals surface area contributed by atoms with Crippen LogP contribution in [0.25, 0.3) is 0 Å². The van der Waals surface area contributed by atoms with Gasteiger partial charge in [0, 0.05) is 25.6 Å². The van der Waals surface area contributed by atoms with Crippen molar-refractivity contribution in [3.63, 3.8) is 0 Å². The van der Waals surface area contributed by atoms with E-state index in [1.54, 1.807) is 12.1 Å². The van der Waals surface area contributed by atoms with E-state index in [0.717, 1.165) is 12.0 Å². The van der Waals surface area contributed by atoms with Crippen LogP contribution in [-0.2, 0) is 20.2 Å². The van der Waals surface area contributed by atoms with Gasteiger partial charge in [-0.05, 0) is 48.9 Å². The van der Waals surface area contributed by atoms with Crippen molar-refractivity contribution in [2.24, 2.45) is 11.7 Å². The predicted octanol–water partition coefficient (Wildman–Crippen LogP) is 1.85. The summed E-state index contributed by atoms with van der Waals surface area (Å²) in [6, 6.07) is 7.12. The number of nitrogens with one attached hydrogen (secondary N) is 1. The first-order valence-electron chi connectivity index (χ1n) is 9.24. The van der Waals surface area contributed by atoms with Gasteiger partial charge < -0.3 is 11.1 Å². The summed E-state index contributed by atoms with van der Waals surface area (Å²) in [6.07, 6.45) is 1.85. The largest absolute Gasteiger partial charge is 0.356 e. The fourth-order valence-corrected chi connectivity index (χ4v) is 4.56. The van der Waals surface area contributed by atoms with Crippen molar-refractivity contribution in [3.8, 4) is 0 Å². The maximum absolute atomic E-state index is 12.8. The van der Waals surface area contributed by atoms with Gasteiger partial charge >= 0.3 is 0 Å². The van der Waals surface area contributed by atoms with Gasteiger partial charge in [0.15, 0.2) is 0 Å². The Bertz CT molecular complexity index is 701. The van der Waals surface area contributed by atoms with Crippen molar-refractivity contribution in [2.75, 3.05) is 26.2 Å². The highest BCUT2D eigenvalue weighted by Crippen LogP contribution is 2.27. The molecule has 1 aromatic carbocycles. The topological polar surface area (TPSA) is 92.5 Å². The minimum atomic E-state index is -3.51. The monoisotopic (exact) mass is 381 g/mol. The number of nitrogens with two attached hydrogens (primary N) is 1. The quantitative estimate of drug-likeness (QED) is 0.736. The third kappa shape index (κ3) is 5.05. The average molecular weight is 382 g/mol. The van der Waals surface area contributed by atoms with Crippen LogP contribution in [0.15, 0.2) is 29.2 Å². The molecule has 2 rings (SSSR count). The average Bonchev–Trinajstić information content (AvgIpc) is 2.61. The molecular weight excluding hydrogens is 350 g/mol. The normalized spacial score (nSPS) is 17.2. The number of sulfonamides is 1. The number of hydrogen-bond acceptors (Lipinski definition) is 4. The molecule has 0 aromatic heterocycles. The van der Waals surface area contributed by atoms with Crippen LogP contribution in [-0.4, -0.2) is 44.8 Å². The maximum Gasteiger partial charge on any atom is 0.243 e. The molecule has 1 amide bonds. The number of nitrogens with zero attached hydrogens (tertiary/aromatic N) is 1. The van der Waals surface area contributed by atoms with Crippen LogP contribution in [0, 0.1) is 5.92 Å². The lowest BCUT2D eigenvalue weighted by Gasteiger charge is -2.30. The second-order valence-corrected chi connectivity index (χ2v) is 9.82. The van der Waals surface area contributed by atoms with Crippen LogP contribution in [0.5, 0.6) is 0 Å². The summed E-state index contributed by atoms with van der Waals surface area (Å²) in [6.45, 7) is 8.16. The maximum atomic E-state index is 12.8. The zero-order valence-corrected chi connectivity index (χ0v) is 16.8. The predicted molar refractivity (Wildman–Crippen MR) is 103 cm³/mol. The first kappa shape index (κ1) is 20.9. The van der Waals surface area contributed by atoms with Crippen molar-refractivity contribution in [2.45, 2.75) is 50.3 Å². The van der Waals surface area contributed by atoms with E-state index in [4.69, 9.17) is 5.73 Å². The highest BCUT2D eigenvalue weighted by atomic mass is 32.2. The van der Waals surface area contributed by atoms with Gasteiger partial charge in [0.05, 0.1) is 4.90 Å². The number of carbonyl (C=O) groups excluding carboxylic acids is 1. The Hall–Kier alpha value is -1.44. The van der Waals surface area contributed by atoms with E-state index in [1.165, 1.54) is 4.31 Å². The molecule has 3 N–H and O–H groups in total. The number of amides is 1. The second-order valence-electron chi connectivity index (χ2n) is 7.89. The molecule has 146 valence electrons. The van der Waals surface area contributed by atoms with E-state index >= 15 is 0 Å². The van der Waals surface area contributed by atoms with Gasteiger partial charge in [0.1, 0.15) is 0 Å². The minimum Gasteiger partial charge on any atom is -0.356 e. The number of piperidine rings is 1. The summed E-state index contributed by atoms with van der Waals surface area (Å²) >= 11 is 0. The van der Waals surface area contributed by atoms with Crippen LogP contribution in [0.1, 0.15) is 45.6 Å². The van der Waals surface area contributed by atoms with Crippen molar-refractivity contribution in [1.29, 1.82) is 0 Å². The van der Waals surface area contributed by atoms with Gasteiger partial charge in [-0.15, -0.1) is 0 Å². The summed E-state index contributed by atoms with van der Waals surface area (Å²) in [5.41, 5.74) is 6.51. The van der Waals surface area contributed by atoms with Crippen LogP contribution >= 0.6 is 0 Å². The summed E-state index contributed by atoms with van der Waals surface area (Å²) in [5.74, 6) is -0.118. The molecule has 0 radical (unpaired) electrons. The van der Waals surface area contributed by atoms with E-state index in [9.17, 15) is 13.2 Å². The molecule has 7 heteroatoms. The van der Waals surface area contributed by atoms with Gasteiger partial charge in [0.2, 0.25) is 15.9 Å². The van der Waals surface area contributed by atoms with Gasteiger partial charge in [-0.3, -0.25) is 4.79 Å². The Balaban J connectivity index is 1.98. The minimum absolute atomic E-state index is 0.00466. The van der Waals surface area contributed by atoms with Crippen LogP contribution in [0.3, 0.4) is 0 Å². The molecule has 0 bridgehead atoms. The van der Waals surface area contributed by atoms with Gasteiger partial charge in [-0.25, -0.2) is 8.42 Å². The Morgan fingerprint density at radius 1 is 1.19 bits per heavy atom. The van der Waals surface area contributed by atoms with Crippen molar-refractivity contribution in [3.05, 3.63) is 29.8 Å². The molecule has 6 nitrogen and oxygen atoms in total. The van der Waals surface area contributed by atoms with Gasteiger partial charge in [0.25, 0.3) is 0 Å². The first-order valence-corrected chi connectivity index (χ1v) is 10.7. The smallest absolute Gasteiger partial charge is 0.243 e. The Morgan fingerprint density at radius 2 is 1.77 bits per heavy atom. The molecule has 0 spiro atoms. The Kier molecular flexibility index (Phi) is 6.82. The summed E-state index contributed by atoms with van der Waals surface area (Å²) in [5, 5.41) is 2.87. The van der Waals surface area contributed by atoms with E-state index in [0.29, 0.717) is 43.9 Å². The number of carbonyl (C=O) groups is 1. The lowest BCUT2D eigenvalue weighted by Crippen LogP contribution is -2.43. The van der Waals surface area contributed by atoms with Crippen LogP contribution in [0.4, 0.5) is 0 Å². The molecule has 0 saturated carbocycles. The standard InChI is InChI=1S/C19H31N3O3S/c1-19(2,3)16-5-7-17(8-6-16)26(24,25)22-13-9-15(10-14-22)18(23)21-12-4-11-20/h5-8,15H,4,9-14,20H2,1-3H3,(H,21,23). The summed E-state index contributed by atoms with van der Waals surface area (Å²) in [4.78, 5) is 12.4. The number of rotatable bonds is 6. The Morgan fingerprint density at radius 3 is 2.27 bits per heavy atom. The van der Waals surface area contributed by atoms with E-state index in [-0.39, 0.29) is 17.2 Å². The van der Waals surface area contributed by atoms with E-state index < -0.39 is 10.0 Å². The fraction of sp³-hybridized carbons (Fsp3) is 0.632. The van der Waals surface area contributed by atoms with Crippen LogP contribution in [0.2, 0.25) is 0 Å². The SMILES string of the molecule is CC(C)(C)c1ccc(S(=O)(=O)N2CCC(C(=O)NCCCN)CC2)cc1. The van der Waals surface area contributed by atoms with Crippen LogP contribution < -0.4 is 11.1 Å². The molecule has 1 aromatic rings. The molecule has 26 heavy (non-hydrogen) atoms. The molecule has 0 unspecified atom stereocenters. The third-order valence-corrected chi connectivity index (χ3v) is 6.78. The number of benzene rings is 1. The highest BCUT2D eigenvalue weighted by molar-refractivity contribution is 7.89. The summed E-state index contributed by atoms with van der Waals surface area (Å²) in [7, 11) is -3.51. The lowest BCUT2D eigenvalue weighted by molar-refractivity contribution is -0.126. The van der Waals surface area contributed by atoms with Crippen molar-refractivity contribution >= 4 is 15.9 Å². The molecular formula is C19H31N3O3S. The molecule has 1 aliphatic heterocycles. The van der Waals surface area contributed by atoms with Gasteiger partial charge in [-0.2, -0.15) is 4.31 Å². The Labute approximate surface area is 157 Å². The van der Waals surface area contributed by atoms with E-state index in [2.05, 4.69) is 26.1 Å². The molecule has 1 aliphatic rings. The van der Waals surface area contributed by atoms with Crippen molar-refractivity contribution in [1.82, 2.24) is 9.62 Å². The third-order valence-electron chi connectivity index (χ3n) is 4.86. The molecule has 0 atom stereocenters. The first-order chi connectivity index (χ1) is 12.2.